The minimum absolute atomic E-state index is 0.0179. The van der Waals surface area contributed by atoms with E-state index in [1.807, 2.05) is 0 Å². The molecule has 4 heteroatoms. The summed E-state index contributed by atoms with van der Waals surface area (Å²) in [6, 6.07) is 6.65. The van der Waals surface area contributed by atoms with Gasteiger partial charge >= 0.3 is 0 Å². The Kier molecular flexibility index (Phi) is 4.19. The molecule has 86 valence electrons. The number of amides is 1. The van der Waals surface area contributed by atoms with Crippen LogP contribution in [0.25, 0.3) is 0 Å². The Balaban J connectivity index is 2.71. The van der Waals surface area contributed by atoms with Crippen LogP contribution in [0.2, 0.25) is 0 Å². The molecule has 0 aliphatic heterocycles. The Morgan fingerprint density at radius 2 is 1.88 bits per heavy atom. The van der Waals surface area contributed by atoms with E-state index < -0.39 is 0 Å². The predicted molar refractivity (Wildman–Crippen MR) is 63.3 cm³/mol. The highest BCUT2D eigenvalue weighted by Gasteiger charge is 2.08. The van der Waals surface area contributed by atoms with Crippen molar-refractivity contribution in [2.75, 3.05) is 5.32 Å². The van der Waals surface area contributed by atoms with E-state index in [2.05, 4.69) is 5.32 Å². The molecule has 0 aromatic heterocycles. The molecule has 0 aliphatic rings. The number of hydrogen-bond acceptors (Lipinski definition) is 3. The number of carbonyl (C=O) groups excluding carboxylic acids is 2. The Bertz CT molecular complexity index is 383. The number of Topliss-reactive ketones (excluding diaryl/α,β-unsaturated/α-hetero) is 1. The Morgan fingerprint density at radius 3 is 2.31 bits per heavy atom. The van der Waals surface area contributed by atoms with Crippen LogP contribution in [0.5, 0.6) is 0 Å². The first kappa shape index (κ1) is 12.4. The fourth-order valence-corrected chi connectivity index (χ4v) is 1.35. The minimum atomic E-state index is -0.137. The van der Waals surface area contributed by atoms with E-state index >= 15 is 0 Å². The third-order valence-electron chi connectivity index (χ3n) is 2.03. The molecule has 0 heterocycles. The topological polar surface area (TPSA) is 72.2 Å². The molecule has 0 radical (unpaired) electrons. The molecule has 3 N–H and O–H groups in total. The molecular formula is C12H16N2O2. The van der Waals surface area contributed by atoms with E-state index in [1.165, 1.54) is 6.92 Å². The summed E-state index contributed by atoms with van der Waals surface area (Å²) < 4.78 is 0. The van der Waals surface area contributed by atoms with Crippen molar-refractivity contribution in [3.63, 3.8) is 0 Å². The number of hydrogen-bond donors (Lipinski definition) is 2. The maximum atomic E-state index is 11.6. The highest BCUT2D eigenvalue weighted by Crippen LogP contribution is 2.11. The van der Waals surface area contributed by atoms with Crippen LogP contribution in [0, 0.1) is 0 Å². The molecule has 0 bridgehead atoms. The number of nitrogens with two attached hydrogens (primary N) is 1. The first-order chi connectivity index (χ1) is 7.49. The maximum Gasteiger partial charge on any atom is 0.221 e. The zero-order chi connectivity index (χ0) is 12.1. The van der Waals surface area contributed by atoms with Gasteiger partial charge in [-0.05, 0) is 31.2 Å². The van der Waals surface area contributed by atoms with Gasteiger partial charge in [-0.25, -0.2) is 0 Å². The molecule has 16 heavy (non-hydrogen) atoms. The lowest BCUT2D eigenvalue weighted by Crippen LogP contribution is -2.19. The van der Waals surface area contributed by atoms with Crippen molar-refractivity contribution in [2.45, 2.75) is 26.3 Å². The maximum absolute atomic E-state index is 11.6. The van der Waals surface area contributed by atoms with Crippen molar-refractivity contribution in [3.8, 4) is 0 Å². The lowest BCUT2D eigenvalue weighted by molar-refractivity contribution is -0.114. The van der Waals surface area contributed by atoms with E-state index in [9.17, 15) is 9.59 Å². The summed E-state index contributed by atoms with van der Waals surface area (Å²) in [5.41, 5.74) is 6.85. The fraction of sp³-hybridized carbons (Fsp3) is 0.333. The van der Waals surface area contributed by atoms with E-state index in [-0.39, 0.29) is 17.7 Å². The van der Waals surface area contributed by atoms with Gasteiger partial charge in [0, 0.05) is 30.6 Å². The minimum Gasteiger partial charge on any atom is -0.328 e. The molecule has 0 saturated carbocycles. The number of benzene rings is 1. The molecule has 0 saturated heterocycles. The van der Waals surface area contributed by atoms with Crippen molar-refractivity contribution in [3.05, 3.63) is 29.8 Å². The summed E-state index contributed by atoms with van der Waals surface area (Å²) in [5, 5.41) is 2.64. The van der Waals surface area contributed by atoms with Gasteiger partial charge in [-0.1, -0.05) is 0 Å². The van der Waals surface area contributed by atoms with Crippen LogP contribution < -0.4 is 11.1 Å². The van der Waals surface area contributed by atoms with E-state index in [1.54, 1.807) is 31.2 Å². The average molecular weight is 220 g/mol. The van der Waals surface area contributed by atoms with Crippen molar-refractivity contribution in [1.82, 2.24) is 0 Å². The van der Waals surface area contributed by atoms with Crippen LogP contribution in [-0.4, -0.2) is 17.7 Å². The van der Waals surface area contributed by atoms with E-state index in [0.29, 0.717) is 17.7 Å². The monoisotopic (exact) mass is 220 g/mol. The Labute approximate surface area is 94.8 Å². The Hall–Kier alpha value is -1.68. The average Bonchev–Trinajstić information content (AvgIpc) is 2.16. The first-order valence-corrected chi connectivity index (χ1v) is 5.15. The predicted octanol–water partition coefficient (Wildman–Crippen LogP) is 1.56. The second-order valence-electron chi connectivity index (χ2n) is 3.86. The molecule has 1 unspecified atom stereocenters. The summed E-state index contributed by atoms with van der Waals surface area (Å²) in [5.74, 6) is -0.112. The van der Waals surface area contributed by atoms with Crippen LogP contribution in [0.15, 0.2) is 24.3 Å². The van der Waals surface area contributed by atoms with E-state index in [4.69, 9.17) is 5.73 Å². The summed E-state index contributed by atoms with van der Waals surface area (Å²) >= 11 is 0. The third-order valence-corrected chi connectivity index (χ3v) is 2.03. The van der Waals surface area contributed by atoms with Gasteiger partial charge < -0.3 is 11.1 Å². The number of nitrogens with one attached hydrogen (secondary N) is 1. The molecule has 1 atom stereocenters. The third kappa shape index (κ3) is 3.82. The van der Waals surface area contributed by atoms with Crippen LogP contribution in [0.1, 0.15) is 30.6 Å². The number of carbonyl (C=O) groups is 2. The van der Waals surface area contributed by atoms with Crippen LogP contribution in [0.4, 0.5) is 5.69 Å². The van der Waals surface area contributed by atoms with Gasteiger partial charge in [0.1, 0.15) is 0 Å². The molecule has 1 aromatic rings. The highest BCUT2D eigenvalue weighted by molar-refractivity contribution is 5.97. The van der Waals surface area contributed by atoms with Gasteiger partial charge in [-0.15, -0.1) is 0 Å². The smallest absolute Gasteiger partial charge is 0.221 e. The fourth-order valence-electron chi connectivity index (χ4n) is 1.35. The highest BCUT2D eigenvalue weighted by atomic mass is 16.1. The summed E-state index contributed by atoms with van der Waals surface area (Å²) in [6.07, 6.45) is 0.333. The largest absolute Gasteiger partial charge is 0.328 e. The number of anilines is 1. The normalized spacial score (nSPS) is 11.9. The van der Waals surface area contributed by atoms with Crippen molar-refractivity contribution in [1.29, 1.82) is 0 Å². The number of ketones is 1. The van der Waals surface area contributed by atoms with Crippen LogP contribution >= 0.6 is 0 Å². The van der Waals surface area contributed by atoms with Gasteiger partial charge in [0.25, 0.3) is 0 Å². The first-order valence-electron chi connectivity index (χ1n) is 5.15. The van der Waals surface area contributed by atoms with Crippen molar-refractivity contribution >= 4 is 17.4 Å². The Morgan fingerprint density at radius 1 is 1.31 bits per heavy atom. The van der Waals surface area contributed by atoms with Gasteiger partial charge in [-0.3, -0.25) is 9.59 Å². The van der Waals surface area contributed by atoms with Crippen molar-refractivity contribution < 1.29 is 9.59 Å². The SMILES string of the molecule is CC(=O)Nc1ccc(C(=O)CC(C)N)cc1. The molecular weight excluding hydrogens is 204 g/mol. The lowest BCUT2D eigenvalue weighted by Gasteiger charge is -2.05. The molecule has 4 nitrogen and oxygen atoms in total. The molecule has 0 spiro atoms. The molecule has 1 rings (SSSR count). The summed E-state index contributed by atoms with van der Waals surface area (Å²) in [7, 11) is 0. The van der Waals surface area contributed by atoms with Gasteiger partial charge in [0.2, 0.25) is 5.91 Å². The van der Waals surface area contributed by atoms with Gasteiger partial charge in [-0.2, -0.15) is 0 Å². The lowest BCUT2D eigenvalue weighted by atomic mass is 10.0. The van der Waals surface area contributed by atoms with Gasteiger partial charge in [0.15, 0.2) is 5.78 Å². The summed E-state index contributed by atoms with van der Waals surface area (Å²) in [6.45, 7) is 3.23. The van der Waals surface area contributed by atoms with Crippen LogP contribution in [-0.2, 0) is 4.79 Å². The standard InChI is InChI=1S/C12H16N2O2/c1-8(13)7-12(16)10-3-5-11(6-4-10)14-9(2)15/h3-6,8H,7,13H2,1-2H3,(H,14,15). The molecule has 1 aromatic carbocycles. The van der Waals surface area contributed by atoms with E-state index in [0.717, 1.165) is 0 Å². The molecule has 0 aliphatic carbocycles. The molecule has 1 amide bonds. The zero-order valence-electron chi connectivity index (χ0n) is 9.49. The second kappa shape index (κ2) is 5.42. The second-order valence-corrected chi connectivity index (χ2v) is 3.86. The van der Waals surface area contributed by atoms with Crippen LogP contribution in [0.3, 0.4) is 0 Å². The van der Waals surface area contributed by atoms with Gasteiger partial charge in [0.05, 0.1) is 0 Å². The quantitative estimate of drug-likeness (QED) is 0.756. The zero-order valence-corrected chi connectivity index (χ0v) is 9.49. The number of rotatable bonds is 4. The summed E-state index contributed by atoms with van der Waals surface area (Å²) in [4.78, 5) is 22.4. The van der Waals surface area contributed by atoms with Crippen molar-refractivity contribution in [2.24, 2.45) is 5.73 Å². The molecule has 0 fully saturated rings.